The highest BCUT2D eigenvalue weighted by Gasteiger charge is 2.33. The molecule has 26 heavy (non-hydrogen) atoms. The molecular formula is C15H21N7O3S. The maximum atomic E-state index is 12.5. The molecule has 2 aromatic heterocycles. The molecule has 1 N–H and O–H groups in total. The number of carbonyl (C=O) groups excluding carboxylic acids is 1. The van der Waals surface area contributed by atoms with Gasteiger partial charge in [-0.2, -0.15) is 22.1 Å². The summed E-state index contributed by atoms with van der Waals surface area (Å²) in [5, 5.41) is 7.09. The van der Waals surface area contributed by atoms with E-state index in [-0.39, 0.29) is 24.2 Å². The van der Waals surface area contributed by atoms with Crippen LogP contribution in [-0.4, -0.2) is 69.9 Å². The predicted molar refractivity (Wildman–Crippen MR) is 93.3 cm³/mol. The van der Waals surface area contributed by atoms with E-state index in [1.807, 2.05) is 10.7 Å². The summed E-state index contributed by atoms with van der Waals surface area (Å²) < 4.78 is 29.4. The molecule has 0 unspecified atom stereocenters. The van der Waals surface area contributed by atoms with Gasteiger partial charge in [-0.15, -0.1) is 0 Å². The molecule has 1 atom stereocenters. The van der Waals surface area contributed by atoms with Gasteiger partial charge in [0, 0.05) is 45.8 Å². The number of carbonyl (C=O) groups is 1. The Hall–Kier alpha value is -2.37. The molecular weight excluding hydrogens is 358 g/mol. The summed E-state index contributed by atoms with van der Waals surface area (Å²) in [7, 11) is -0.495. The smallest absolute Gasteiger partial charge is 0.281 e. The molecule has 2 aromatic rings. The van der Waals surface area contributed by atoms with Crippen LogP contribution in [0.4, 0.5) is 0 Å². The Morgan fingerprint density at radius 2 is 2.15 bits per heavy atom. The third-order valence-electron chi connectivity index (χ3n) is 4.20. The molecule has 1 amide bonds. The van der Waals surface area contributed by atoms with Gasteiger partial charge in [-0.25, -0.2) is 4.98 Å². The molecule has 0 saturated carbocycles. The quantitative estimate of drug-likeness (QED) is 0.734. The van der Waals surface area contributed by atoms with Gasteiger partial charge in [0.2, 0.25) is 0 Å². The summed E-state index contributed by atoms with van der Waals surface area (Å²) >= 11 is 0. The average Bonchev–Trinajstić information content (AvgIpc) is 3.11. The summed E-state index contributed by atoms with van der Waals surface area (Å²) in [5.74, 6) is -0.313. The second kappa shape index (κ2) is 7.48. The molecule has 0 saturated heterocycles. The van der Waals surface area contributed by atoms with Gasteiger partial charge in [-0.1, -0.05) is 0 Å². The fourth-order valence-electron chi connectivity index (χ4n) is 2.83. The van der Waals surface area contributed by atoms with Crippen molar-refractivity contribution < 1.29 is 13.2 Å². The second-order valence-corrected chi connectivity index (χ2v) is 8.28. The summed E-state index contributed by atoms with van der Waals surface area (Å²) in [4.78, 5) is 19.9. The minimum atomic E-state index is -3.52. The average molecular weight is 379 g/mol. The van der Waals surface area contributed by atoms with Crippen LogP contribution < -0.4 is 5.32 Å². The summed E-state index contributed by atoms with van der Waals surface area (Å²) in [6.45, 7) is 0.953. The van der Waals surface area contributed by atoms with E-state index in [4.69, 9.17) is 0 Å². The van der Waals surface area contributed by atoms with Crippen molar-refractivity contribution in [1.29, 1.82) is 0 Å². The third kappa shape index (κ3) is 3.74. The molecule has 3 rings (SSSR count). The van der Waals surface area contributed by atoms with E-state index in [1.54, 1.807) is 6.20 Å². The molecule has 0 spiro atoms. The minimum Gasteiger partial charge on any atom is -0.351 e. The van der Waals surface area contributed by atoms with Crippen molar-refractivity contribution in [3.05, 3.63) is 42.2 Å². The molecule has 11 heteroatoms. The van der Waals surface area contributed by atoms with Crippen LogP contribution in [0, 0.1) is 0 Å². The van der Waals surface area contributed by atoms with Gasteiger partial charge in [0.1, 0.15) is 5.69 Å². The van der Waals surface area contributed by atoms with Gasteiger partial charge in [-0.05, 0) is 12.5 Å². The number of hydrogen-bond donors (Lipinski definition) is 1. The lowest BCUT2D eigenvalue weighted by atomic mass is 10.1. The molecule has 1 aliphatic heterocycles. The maximum Gasteiger partial charge on any atom is 0.281 e. The Bertz CT molecular complexity index is 866. The van der Waals surface area contributed by atoms with Crippen LogP contribution in [-0.2, 0) is 16.8 Å². The molecule has 0 radical (unpaired) electrons. The topological polar surface area (TPSA) is 113 Å². The van der Waals surface area contributed by atoms with Crippen molar-refractivity contribution in [2.75, 3.05) is 27.2 Å². The first-order valence-electron chi connectivity index (χ1n) is 8.14. The zero-order chi connectivity index (χ0) is 18.7. The van der Waals surface area contributed by atoms with Crippen LogP contribution in [0.25, 0.3) is 0 Å². The van der Waals surface area contributed by atoms with Crippen molar-refractivity contribution in [3.8, 4) is 0 Å². The fourth-order valence-corrected chi connectivity index (χ4v) is 3.95. The minimum absolute atomic E-state index is 0.161. The number of hydrogen-bond acceptors (Lipinski definition) is 6. The largest absolute Gasteiger partial charge is 0.351 e. The lowest BCUT2D eigenvalue weighted by Gasteiger charge is -2.34. The van der Waals surface area contributed by atoms with E-state index < -0.39 is 10.2 Å². The Morgan fingerprint density at radius 1 is 1.35 bits per heavy atom. The lowest BCUT2D eigenvalue weighted by Crippen LogP contribution is -2.46. The van der Waals surface area contributed by atoms with Crippen LogP contribution in [0.15, 0.2) is 30.9 Å². The highest BCUT2D eigenvalue weighted by atomic mass is 32.2. The number of rotatable bonds is 6. The van der Waals surface area contributed by atoms with Gasteiger partial charge < -0.3 is 5.32 Å². The van der Waals surface area contributed by atoms with Crippen LogP contribution in [0.3, 0.4) is 0 Å². The van der Waals surface area contributed by atoms with E-state index in [9.17, 15) is 13.2 Å². The molecule has 0 aliphatic carbocycles. The molecule has 0 bridgehead atoms. The zero-order valence-corrected chi connectivity index (χ0v) is 15.4. The molecule has 0 aromatic carbocycles. The van der Waals surface area contributed by atoms with Gasteiger partial charge in [0.05, 0.1) is 24.5 Å². The third-order valence-corrected chi connectivity index (χ3v) is 6.05. The fraction of sp³-hybridized carbons (Fsp3) is 0.467. The SMILES string of the molecule is CN(C)S(=O)(=O)N1Cc2ccnn2[C@@H](CCNC(=O)c2cnccn2)C1. The molecule has 10 nitrogen and oxygen atoms in total. The number of nitrogens with one attached hydrogen (secondary N) is 1. The Labute approximate surface area is 152 Å². The highest BCUT2D eigenvalue weighted by Crippen LogP contribution is 2.25. The number of fused-ring (bicyclic) bond motifs is 1. The van der Waals surface area contributed by atoms with Crippen molar-refractivity contribution in [2.45, 2.75) is 19.0 Å². The van der Waals surface area contributed by atoms with E-state index >= 15 is 0 Å². The van der Waals surface area contributed by atoms with E-state index in [0.717, 1.165) is 5.69 Å². The summed E-state index contributed by atoms with van der Waals surface area (Å²) in [6.07, 6.45) is 6.55. The maximum absolute atomic E-state index is 12.5. The molecule has 140 valence electrons. The van der Waals surface area contributed by atoms with Crippen LogP contribution in [0.2, 0.25) is 0 Å². The number of nitrogens with zero attached hydrogens (tertiary/aromatic N) is 6. The molecule has 1 aliphatic rings. The van der Waals surface area contributed by atoms with Crippen LogP contribution in [0.1, 0.15) is 28.6 Å². The van der Waals surface area contributed by atoms with Crippen LogP contribution >= 0.6 is 0 Å². The standard InChI is InChI=1S/C15H21N7O3S/c1-20(2)26(24,25)21-10-12(22-13(11-21)4-6-19-22)3-5-18-15(23)14-9-16-7-8-17-14/h4,6-9,12H,3,5,10-11H2,1-2H3,(H,18,23)/t12-/m0/s1. The molecule has 3 heterocycles. The monoisotopic (exact) mass is 379 g/mol. The summed E-state index contributed by atoms with van der Waals surface area (Å²) in [6, 6.07) is 1.65. The van der Waals surface area contributed by atoms with Gasteiger partial charge in [0.25, 0.3) is 16.1 Å². The van der Waals surface area contributed by atoms with Crippen molar-refractivity contribution >= 4 is 16.1 Å². The van der Waals surface area contributed by atoms with Crippen molar-refractivity contribution in [1.82, 2.24) is 33.7 Å². The van der Waals surface area contributed by atoms with E-state index in [2.05, 4.69) is 20.4 Å². The van der Waals surface area contributed by atoms with Gasteiger partial charge in [-0.3, -0.25) is 14.5 Å². The first kappa shape index (κ1) is 18.4. The first-order valence-corrected chi connectivity index (χ1v) is 9.53. The van der Waals surface area contributed by atoms with Crippen molar-refractivity contribution in [3.63, 3.8) is 0 Å². The second-order valence-electron chi connectivity index (χ2n) is 6.14. The Morgan fingerprint density at radius 3 is 2.85 bits per heavy atom. The summed E-state index contributed by atoms with van der Waals surface area (Å²) in [5.41, 5.74) is 1.07. The lowest BCUT2D eigenvalue weighted by molar-refractivity contribution is 0.0944. The predicted octanol–water partition coefficient (Wildman–Crippen LogP) is -0.344. The van der Waals surface area contributed by atoms with Crippen LogP contribution in [0.5, 0.6) is 0 Å². The zero-order valence-electron chi connectivity index (χ0n) is 14.6. The molecule has 0 fully saturated rings. The van der Waals surface area contributed by atoms with Crippen molar-refractivity contribution in [2.24, 2.45) is 0 Å². The van der Waals surface area contributed by atoms with Gasteiger partial charge >= 0.3 is 0 Å². The van der Waals surface area contributed by atoms with E-state index in [1.165, 1.54) is 41.3 Å². The number of aromatic nitrogens is 4. The Kier molecular flexibility index (Phi) is 5.30. The Balaban J connectivity index is 1.66. The first-order chi connectivity index (χ1) is 12.4. The highest BCUT2D eigenvalue weighted by molar-refractivity contribution is 7.86. The normalized spacial score (nSPS) is 17.9. The number of amides is 1. The van der Waals surface area contributed by atoms with E-state index in [0.29, 0.717) is 19.5 Å². The van der Waals surface area contributed by atoms with Gasteiger partial charge in [0.15, 0.2) is 0 Å².